The van der Waals surface area contributed by atoms with E-state index in [1.54, 1.807) is 7.11 Å². The Hall–Kier alpha value is -1.35. The summed E-state index contributed by atoms with van der Waals surface area (Å²) in [6, 6.07) is 1.92. The van der Waals surface area contributed by atoms with Crippen LogP contribution in [0.5, 0.6) is 0 Å². The quantitative estimate of drug-likeness (QED) is 0.870. The van der Waals surface area contributed by atoms with Gasteiger partial charge in [-0.25, -0.2) is 0 Å². The summed E-state index contributed by atoms with van der Waals surface area (Å²) in [7, 11) is 1.72. The summed E-state index contributed by atoms with van der Waals surface area (Å²) in [6.45, 7) is 3.53. The van der Waals surface area contributed by atoms with Gasteiger partial charge in [-0.05, 0) is 31.4 Å². The molecule has 1 fully saturated rings. The number of hydrogen-bond acceptors (Lipinski definition) is 4. The summed E-state index contributed by atoms with van der Waals surface area (Å²) in [5.74, 6) is 6.02. The summed E-state index contributed by atoms with van der Waals surface area (Å²) in [5, 5.41) is 8.75. The van der Waals surface area contributed by atoms with Crippen LogP contribution in [0.2, 0.25) is 0 Å². The van der Waals surface area contributed by atoms with Gasteiger partial charge in [0.2, 0.25) is 0 Å². The Bertz CT molecular complexity index is 548. The molecule has 2 heterocycles. The summed E-state index contributed by atoms with van der Waals surface area (Å²) in [5.41, 5.74) is 1.03. The number of ether oxygens (including phenoxy) is 1. The second kappa shape index (κ2) is 7.60. The molecule has 0 unspecified atom stereocenters. The molecule has 0 bridgehead atoms. The Labute approximate surface area is 129 Å². The van der Waals surface area contributed by atoms with Gasteiger partial charge < -0.3 is 14.7 Å². The topological polar surface area (TPSA) is 49.8 Å². The Balaban J connectivity index is 2.04. The van der Waals surface area contributed by atoms with Crippen LogP contribution in [0.15, 0.2) is 6.07 Å². The average Bonchev–Trinajstić information content (AvgIpc) is 2.88. The number of piperidine rings is 1. The Morgan fingerprint density at radius 2 is 2.24 bits per heavy atom. The molecule has 114 valence electrons. The van der Waals surface area contributed by atoms with Crippen LogP contribution in [0.3, 0.4) is 0 Å². The van der Waals surface area contributed by atoms with Gasteiger partial charge >= 0.3 is 0 Å². The third-order valence-corrected chi connectivity index (χ3v) is 4.77. The summed E-state index contributed by atoms with van der Waals surface area (Å²) in [4.78, 5) is 16.1. The number of likely N-dealkylation sites (tertiary alicyclic amines) is 1. The molecule has 4 nitrogen and oxygen atoms in total. The maximum Gasteiger partial charge on any atom is 0.263 e. The Kier molecular flexibility index (Phi) is 5.80. The fourth-order valence-electron chi connectivity index (χ4n) is 2.36. The first-order valence-electron chi connectivity index (χ1n) is 7.18. The maximum atomic E-state index is 12.5. The Morgan fingerprint density at radius 3 is 2.86 bits per heavy atom. The average molecular weight is 307 g/mol. The molecule has 1 aliphatic heterocycles. The number of aryl methyl sites for hydroxylation is 1. The largest absolute Gasteiger partial charge is 0.395 e. The van der Waals surface area contributed by atoms with Crippen LogP contribution in [0.1, 0.15) is 39.4 Å². The molecule has 0 spiro atoms. The van der Waals surface area contributed by atoms with E-state index in [1.165, 1.54) is 11.3 Å². The first-order chi connectivity index (χ1) is 10.2. The predicted molar refractivity (Wildman–Crippen MR) is 83.6 cm³/mol. The van der Waals surface area contributed by atoms with Crippen molar-refractivity contribution in [2.75, 3.05) is 26.8 Å². The van der Waals surface area contributed by atoms with Gasteiger partial charge in [0.15, 0.2) is 0 Å². The third-order valence-electron chi connectivity index (χ3n) is 3.63. The van der Waals surface area contributed by atoms with Crippen molar-refractivity contribution >= 4 is 17.2 Å². The first kappa shape index (κ1) is 16.0. The molecule has 5 heteroatoms. The van der Waals surface area contributed by atoms with Crippen molar-refractivity contribution in [1.29, 1.82) is 0 Å². The minimum absolute atomic E-state index is 0.0671. The van der Waals surface area contributed by atoms with Gasteiger partial charge in [-0.3, -0.25) is 4.79 Å². The molecule has 0 aliphatic carbocycles. The zero-order valence-corrected chi connectivity index (χ0v) is 13.3. The van der Waals surface area contributed by atoms with Crippen LogP contribution >= 0.6 is 11.3 Å². The number of aliphatic hydroxyl groups is 1. The first-order valence-corrected chi connectivity index (χ1v) is 7.99. The van der Waals surface area contributed by atoms with E-state index < -0.39 is 0 Å². The number of amides is 1. The van der Waals surface area contributed by atoms with Crippen molar-refractivity contribution in [3.05, 3.63) is 21.4 Å². The van der Waals surface area contributed by atoms with Crippen LogP contribution in [0, 0.1) is 18.8 Å². The standard InChI is InChI=1S/C16H21NO3S/c1-12-11-15(21-14(12)5-3-4-10-18)16(19)17-8-6-13(20-2)7-9-17/h11,13,18H,4,6-10H2,1-2H3. The van der Waals surface area contributed by atoms with E-state index in [2.05, 4.69) is 11.8 Å². The molecule has 0 saturated carbocycles. The summed E-state index contributed by atoms with van der Waals surface area (Å²) in [6.07, 6.45) is 2.54. The van der Waals surface area contributed by atoms with Crippen LogP contribution < -0.4 is 0 Å². The minimum atomic E-state index is 0.0671. The van der Waals surface area contributed by atoms with E-state index in [0.717, 1.165) is 41.2 Å². The molecule has 0 radical (unpaired) electrons. The van der Waals surface area contributed by atoms with Gasteiger partial charge in [0.25, 0.3) is 5.91 Å². The maximum absolute atomic E-state index is 12.5. The number of hydrogen-bond donors (Lipinski definition) is 1. The van der Waals surface area contributed by atoms with Crippen molar-refractivity contribution in [2.24, 2.45) is 0 Å². The van der Waals surface area contributed by atoms with Gasteiger partial charge in [-0.15, -0.1) is 11.3 Å². The van der Waals surface area contributed by atoms with Crippen molar-refractivity contribution < 1.29 is 14.6 Å². The number of carbonyl (C=O) groups excluding carboxylic acids is 1. The van der Waals surface area contributed by atoms with E-state index in [-0.39, 0.29) is 18.6 Å². The smallest absolute Gasteiger partial charge is 0.263 e. The molecular weight excluding hydrogens is 286 g/mol. The van der Waals surface area contributed by atoms with Crippen molar-refractivity contribution in [1.82, 2.24) is 4.90 Å². The molecule has 21 heavy (non-hydrogen) atoms. The van der Waals surface area contributed by atoms with E-state index in [9.17, 15) is 4.79 Å². The summed E-state index contributed by atoms with van der Waals surface area (Å²) < 4.78 is 5.33. The lowest BCUT2D eigenvalue weighted by molar-refractivity contribution is 0.0353. The molecule has 2 rings (SSSR count). The monoisotopic (exact) mass is 307 g/mol. The van der Waals surface area contributed by atoms with Gasteiger partial charge in [-0.1, -0.05) is 11.8 Å². The molecule has 1 N–H and O–H groups in total. The normalized spacial score (nSPS) is 15.7. The van der Waals surface area contributed by atoms with E-state index in [0.29, 0.717) is 6.42 Å². The number of rotatable bonds is 3. The predicted octanol–water partition coefficient (Wildman–Crippen LogP) is 2.04. The van der Waals surface area contributed by atoms with Gasteiger partial charge in [0, 0.05) is 26.6 Å². The number of thiophene rings is 1. The lowest BCUT2D eigenvalue weighted by Crippen LogP contribution is -2.40. The molecule has 1 aromatic rings. The van der Waals surface area contributed by atoms with Gasteiger partial charge in [0.1, 0.15) is 0 Å². The second-order valence-corrected chi connectivity index (χ2v) is 6.18. The van der Waals surface area contributed by atoms with Crippen molar-refractivity contribution in [3.63, 3.8) is 0 Å². The van der Waals surface area contributed by atoms with Gasteiger partial charge in [-0.2, -0.15) is 0 Å². The molecule has 1 amide bonds. The van der Waals surface area contributed by atoms with E-state index >= 15 is 0 Å². The van der Waals surface area contributed by atoms with E-state index in [1.807, 2.05) is 17.9 Å². The molecule has 1 aliphatic rings. The highest BCUT2D eigenvalue weighted by Crippen LogP contribution is 2.24. The minimum Gasteiger partial charge on any atom is -0.395 e. The lowest BCUT2D eigenvalue weighted by atomic mass is 10.1. The highest BCUT2D eigenvalue weighted by atomic mass is 32.1. The molecule has 0 atom stereocenters. The van der Waals surface area contributed by atoms with Crippen LogP contribution in [-0.4, -0.2) is 48.8 Å². The van der Waals surface area contributed by atoms with Crippen molar-refractivity contribution in [3.8, 4) is 11.8 Å². The molecule has 1 aromatic heterocycles. The summed E-state index contributed by atoms with van der Waals surface area (Å²) >= 11 is 1.44. The SMILES string of the molecule is COC1CCN(C(=O)c2cc(C)c(C#CCCO)s2)CC1. The van der Waals surface area contributed by atoms with Crippen molar-refractivity contribution in [2.45, 2.75) is 32.3 Å². The third kappa shape index (κ3) is 4.07. The number of aliphatic hydroxyl groups excluding tert-OH is 1. The van der Waals surface area contributed by atoms with Crippen LogP contribution in [0.4, 0.5) is 0 Å². The van der Waals surface area contributed by atoms with Crippen LogP contribution in [0.25, 0.3) is 0 Å². The van der Waals surface area contributed by atoms with Gasteiger partial charge in [0.05, 0.1) is 22.5 Å². The molecule has 1 saturated heterocycles. The highest BCUT2D eigenvalue weighted by molar-refractivity contribution is 7.14. The zero-order chi connectivity index (χ0) is 15.2. The molecule has 0 aromatic carbocycles. The number of nitrogens with zero attached hydrogens (tertiary/aromatic N) is 1. The highest BCUT2D eigenvalue weighted by Gasteiger charge is 2.24. The lowest BCUT2D eigenvalue weighted by Gasteiger charge is -2.30. The van der Waals surface area contributed by atoms with Crippen LogP contribution in [-0.2, 0) is 4.74 Å². The molecular formula is C16H21NO3S. The number of carbonyl (C=O) groups is 1. The Morgan fingerprint density at radius 1 is 1.52 bits per heavy atom. The zero-order valence-electron chi connectivity index (χ0n) is 12.5. The number of methoxy groups -OCH3 is 1. The fraction of sp³-hybridized carbons (Fsp3) is 0.562. The van der Waals surface area contributed by atoms with E-state index in [4.69, 9.17) is 9.84 Å². The fourth-order valence-corrected chi connectivity index (χ4v) is 3.38. The second-order valence-electron chi connectivity index (χ2n) is 5.13.